The van der Waals surface area contributed by atoms with Crippen LogP contribution >= 0.6 is 15.6 Å². The summed E-state index contributed by atoms with van der Waals surface area (Å²) in [7, 11) is -11.7. The molecule has 0 radical (unpaired) electrons. The zero-order chi connectivity index (χ0) is 27.0. The minimum Gasteiger partial charge on any atom is -0.756 e. The summed E-state index contributed by atoms with van der Waals surface area (Å²) >= 11 is 0. The highest BCUT2D eigenvalue weighted by atomic mass is 31.3. The molecule has 0 bridgehead atoms. The first-order chi connectivity index (χ1) is 16.7. The summed E-state index contributed by atoms with van der Waals surface area (Å²) in [6, 6.07) is 0.911. The lowest BCUT2D eigenvalue weighted by Gasteiger charge is -2.41. The minimum atomic E-state index is -5.90. The van der Waals surface area contributed by atoms with Crippen LogP contribution < -0.4 is 33.3 Å². The second kappa shape index (κ2) is 13.3. The van der Waals surface area contributed by atoms with Gasteiger partial charge in [-0.2, -0.15) is 0 Å². The largest absolute Gasteiger partial charge is 0.756 e. The molecule has 3 heterocycles. The van der Waals surface area contributed by atoms with E-state index in [-0.39, 0.29) is 12.3 Å². The molecule has 2 saturated heterocycles. The Morgan fingerprint density at radius 2 is 1.53 bits per heavy atom. The van der Waals surface area contributed by atoms with Gasteiger partial charge < -0.3 is 66.7 Å². The molecule has 2 fully saturated rings. The predicted molar refractivity (Wildman–Crippen MR) is 116 cm³/mol. The van der Waals surface area contributed by atoms with E-state index in [2.05, 4.69) is 13.4 Å². The average molecular weight is 600 g/mol. The lowest BCUT2D eigenvalue weighted by atomic mass is 10.00. The van der Waals surface area contributed by atoms with Crippen LogP contribution in [-0.4, -0.2) is 102 Å². The molecule has 2 aliphatic rings. The summed E-state index contributed by atoms with van der Waals surface area (Å²) in [6.07, 6.45) is -15.8. The summed E-state index contributed by atoms with van der Waals surface area (Å²) in [5.41, 5.74) is -1.78. The van der Waals surface area contributed by atoms with Crippen molar-refractivity contribution in [1.82, 2.24) is 21.9 Å². The van der Waals surface area contributed by atoms with Crippen LogP contribution in [0.15, 0.2) is 21.9 Å². The van der Waals surface area contributed by atoms with Gasteiger partial charge in [0.15, 0.2) is 12.5 Å². The number of nitrogens with zero attached hydrogens (tertiary/aromatic N) is 1. The zero-order valence-electron chi connectivity index (χ0n) is 19.8. The fourth-order valence-electron chi connectivity index (χ4n) is 3.34. The van der Waals surface area contributed by atoms with Crippen molar-refractivity contribution in [2.24, 2.45) is 0 Å². The van der Waals surface area contributed by atoms with Crippen LogP contribution in [0.4, 0.5) is 0 Å². The number of aromatic nitrogens is 2. The summed E-state index contributed by atoms with van der Waals surface area (Å²) in [5.74, 6) is 0. The quantitative estimate of drug-likeness (QED) is 0.119. The summed E-state index contributed by atoms with van der Waals surface area (Å²) in [4.78, 5) is 48.9. The maximum Gasteiger partial charge on any atom is 0.330 e. The van der Waals surface area contributed by atoms with Crippen LogP contribution in [0.5, 0.6) is 0 Å². The molecular formula is C15H30N4O17P2. The maximum absolute atomic E-state index is 12.0. The molecule has 15 N–H and O–H groups in total. The Kier molecular flexibility index (Phi) is 12.1. The summed E-state index contributed by atoms with van der Waals surface area (Å²) < 4.78 is 47.1. The highest BCUT2D eigenvalue weighted by Crippen LogP contribution is 2.57. The molecule has 23 heteroatoms. The molecule has 1 aromatic heterocycles. The maximum atomic E-state index is 12.0. The van der Waals surface area contributed by atoms with Gasteiger partial charge in [0.1, 0.15) is 42.7 Å². The number of aromatic amines is 1. The van der Waals surface area contributed by atoms with Gasteiger partial charge in [0.2, 0.25) is 0 Å². The third-order valence-electron chi connectivity index (χ3n) is 5.14. The zero-order valence-corrected chi connectivity index (χ0v) is 21.6. The molecular weight excluding hydrogens is 570 g/mol. The number of hydrogen-bond donors (Lipinski definition) is 9. The second-order valence-corrected chi connectivity index (χ2v) is 10.5. The van der Waals surface area contributed by atoms with Gasteiger partial charge in [0, 0.05) is 12.3 Å². The fourth-order valence-corrected chi connectivity index (χ4v) is 5.42. The normalized spacial score (nSPS) is 36.4. The van der Waals surface area contributed by atoms with Gasteiger partial charge in [0.25, 0.3) is 21.2 Å². The molecule has 5 unspecified atom stereocenters. The van der Waals surface area contributed by atoms with Gasteiger partial charge in [-0.3, -0.25) is 28.0 Å². The van der Waals surface area contributed by atoms with E-state index in [4.69, 9.17) is 14.6 Å². The van der Waals surface area contributed by atoms with Crippen molar-refractivity contribution in [2.45, 2.75) is 55.2 Å². The first kappa shape index (κ1) is 34.6. The summed E-state index contributed by atoms with van der Waals surface area (Å²) in [5, 5.41) is 58.4. The molecule has 11 atom stereocenters. The highest BCUT2D eigenvalue weighted by Gasteiger charge is 2.47. The van der Waals surface area contributed by atoms with Gasteiger partial charge in [0.05, 0.1) is 13.2 Å². The number of phosphoric ester groups is 2. The Labute approximate surface area is 212 Å². The smallest absolute Gasteiger partial charge is 0.330 e. The highest BCUT2D eigenvalue weighted by molar-refractivity contribution is 7.59. The fraction of sp³-hybridized carbons (Fsp3) is 0.733. The van der Waals surface area contributed by atoms with E-state index in [1.807, 2.05) is 4.98 Å². The van der Waals surface area contributed by atoms with Crippen LogP contribution in [0.1, 0.15) is 6.23 Å². The van der Waals surface area contributed by atoms with Gasteiger partial charge in [-0.15, -0.1) is 0 Å². The molecule has 2 aliphatic heterocycles. The van der Waals surface area contributed by atoms with Crippen LogP contribution in [0.2, 0.25) is 0 Å². The number of aliphatic hydroxyl groups is 6. The number of rotatable bonds is 9. The Morgan fingerprint density at radius 1 is 0.921 bits per heavy atom. The number of quaternary nitrogens is 2. The SMILES string of the molecule is O=c1ccn([C@@H]2O[C@H](COP(=O)([O-])OP(=O)([O-])O[C@H]3OC(CO)[C@@H](O)[C@H](O)C3O)[C@H](O)C2O)c(=O)[nH]1.[NH4+].[NH4+]. The molecule has 3 rings (SSSR count). The van der Waals surface area contributed by atoms with E-state index >= 15 is 0 Å². The molecule has 1 aromatic rings. The molecule has 0 spiro atoms. The predicted octanol–water partition coefficient (Wildman–Crippen LogP) is -5.31. The van der Waals surface area contributed by atoms with Crippen LogP contribution in [0, 0.1) is 0 Å². The molecule has 0 saturated carbocycles. The minimum absolute atomic E-state index is 0. The number of nitrogens with one attached hydrogen (secondary N) is 1. The topological polar surface area (TPSA) is 376 Å². The lowest BCUT2D eigenvalue weighted by Crippen LogP contribution is -2.59. The van der Waals surface area contributed by atoms with Gasteiger partial charge in [-0.05, 0) is 0 Å². The van der Waals surface area contributed by atoms with Crippen LogP contribution in [-0.2, 0) is 32.0 Å². The van der Waals surface area contributed by atoms with Crippen LogP contribution in [0.25, 0.3) is 0 Å². The van der Waals surface area contributed by atoms with Crippen molar-refractivity contribution in [1.29, 1.82) is 0 Å². The van der Waals surface area contributed by atoms with Crippen LogP contribution in [0.3, 0.4) is 0 Å². The van der Waals surface area contributed by atoms with E-state index in [9.17, 15) is 54.0 Å². The molecule has 38 heavy (non-hydrogen) atoms. The number of phosphoric acid groups is 2. The Hall–Kier alpha value is -1.46. The first-order valence-corrected chi connectivity index (χ1v) is 12.9. The summed E-state index contributed by atoms with van der Waals surface area (Å²) in [6.45, 7) is -2.05. The molecule has 0 amide bonds. The van der Waals surface area contributed by atoms with Crippen molar-refractivity contribution < 1.29 is 72.4 Å². The number of H-pyrrole nitrogens is 1. The molecule has 222 valence electrons. The van der Waals surface area contributed by atoms with Gasteiger partial charge in [-0.25, -0.2) is 9.11 Å². The van der Waals surface area contributed by atoms with E-state index in [0.29, 0.717) is 4.57 Å². The molecule has 0 aromatic carbocycles. The number of ether oxygens (including phenoxy) is 2. The van der Waals surface area contributed by atoms with Crippen molar-refractivity contribution >= 4 is 15.6 Å². The van der Waals surface area contributed by atoms with Crippen molar-refractivity contribution in [2.75, 3.05) is 13.2 Å². The second-order valence-electron chi connectivity index (χ2n) is 7.64. The van der Waals surface area contributed by atoms with Crippen molar-refractivity contribution in [3.05, 3.63) is 33.1 Å². The number of hydrogen-bond acceptors (Lipinski definition) is 17. The van der Waals surface area contributed by atoms with Gasteiger partial charge >= 0.3 is 5.69 Å². The first-order valence-electron chi connectivity index (χ1n) is 9.96. The molecule has 21 nitrogen and oxygen atoms in total. The average Bonchev–Trinajstić information content (AvgIpc) is 3.06. The van der Waals surface area contributed by atoms with E-state index in [1.54, 1.807) is 0 Å². The van der Waals surface area contributed by atoms with Gasteiger partial charge in [-0.1, -0.05) is 0 Å². The standard InChI is InChI=1S/C15H24N2O17P2.2H3N/c18-3-5-8(20)10(22)12(24)14(32-5)33-36(28,29)34-35(26,27)30-4-6-9(21)11(23)13(31-6)17-2-1-7(19)16-15(17)25;;/h1-2,5-6,8-14,18,20-24H,3-4H2,(H,26,27)(H,28,29)(H,16,19,25);2*1H3/t5?,6-,8-,9+,10+,11?,12?,13-,14-;;/m1../s1. The third kappa shape index (κ3) is 7.81. The third-order valence-corrected chi connectivity index (χ3v) is 7.67. The lowest BCUT2D eigenvalue weighted by molar-refractivity contribution is -0.305. The van der Waals surface area contributed by atoms with E-state index in [0.717, 1.165) is 12.3 Å². The Balaban J connectivity index is 0.00000361. The number of aliphatic hydroxyl groups excluding tert-OH is 6. The van der Waals surface area contributed by atoms with E-state index in [1.165, 1.54) is 0 Å². The Morgan fingerprint density at radius 3 is 2.11 bits per heavy atom. The van der Waals surface area contributed by atoms with Crippen molar-refractivity contribution in [3.8, 4) is 0 Å². The Bertz CT molecular complexity index is 1130. The van der Waals surface area contributed by atoms with E-state index < -0.39 is 95.4 Å². The van der Waals surface area contributed by atoms with Crippen molar-refractivity contribution in [3.63, 3.8) is 0 Å². The molecule has 0 aliphatic carbocycles. The monoisotopic (exact) mass is 600 g/mol.